The summed E-state index contributed by atoms with van der Waals surface area (Å²) in [6.45, 7) is 4.31. The Balaban J connectivity index is 1.98. The molecule has 1 aromatic heterocycles. The number of benzene rings is 1. The summed E-state index contributed by atoms with van der Waals surface area (Å²) in [4.78, 5) is 0. The van der Waals surface area contributed by atoms with E-state index in [1.54, 1.807) is 6.07 Å². The number of halogens is 2. The lowest BCUT2D eigenvalue weighted by Gasteiger charge is -2.12. The van der Waals surface area contributed by atoms with Gasteiger partial charge in [0.1, 0.15) is 0 Å². The van der Waals surface area contributed by atoms with Crippen LogP contribution in [0.3, 0.4) is 0 Å². The third-order valence-corrected chi connectivity index (χ3v) is 4.26. The van der Waals surface area contributed by atoms with E-state index < -0.39 is 0 Å². The fraction of sp³-hybridized carbons (Fsp3) is 0.438. The quantitative estimate of drug-likeness (QED) is 0.861. The van der Waals surface area contributed by atoms with Crippen molar-refractivity contribution in [2.24, 2.45) is 5.73 Å². The summed E-state index contributed by atoms with van der Waals surface area (Å²) in [6, 6.07) is 7.97. The van der Waals surface area contributed by atoms with Crippen LogP contribution in [0.5, 0.6) is 0 Å². The van der Waals surface area contributed by atoms with E-state index in [0.717, 1.165) is 24.1 Å². The van der Waals surface area contributed by atoms with Crippen molar-refractivity contribution in [1.29, 1.82) is 0 Å². The van der Waals surface area contributed by atoms with Crippen LogP contribution in [0, 0.1) is 0 Å². The molecular weight excluding hydrogens is 305 g/mol. The lowest BCUT2D eigenvalue weighted by Crippen LogP contribution is -2.26. The monoisotopic (exact) mass is 325 g/mol. The molecule has 2 rings (SSSR count). The smallest absolute Gasteiger partial charge is 0.0640 e. The van der Waals surface area contributed by atoms with Crippen LogP contribution in [0.1, 0.15) is 37.6 Å². The van der Waals surface area contributed by atoms with Gasteiger partial charge in [-0.15, -0.1) is 0 Å². The Morgan fingerprint density at radius 1 is 1.24 bits per heavy atom. The molecule has 2 atom stereocenters. The normalized spacial score (nSPS) is 14.1. The van der Waals surface area contributed by atoms with Gasteiger partial charge in [0.05, 0.1) is 5.69 Å². The summed E-state index contributed by atoms with van der Waals surface area (Å²) in [5, 5.41) is 5.89. The summed E-state index contributed by atoms with van der Waals surface area (Å²) in [5.74, 6) is 0. The van der Waals surface area contributed by atoms with Crippen molar-refractivity contribution in [3.8, 4) is 0 Å². The molecule has 0 amide bonds. The van der Waals surface area contributed by atoms with E-state index in [1.165, 1.54) is 0 Å². The zero-order valence-corrected chi connectivity index (χ0v) is 13.9. The van der Waals surface area contributed by atoms with Crippen LogP contribution in [-0.4, -0.2) is 15.8 Å². The molecule has 0 aliphatic rings. The third-order valence-electron chi connectivity index (χ3n) is 3.67. The van der Waals surface area contributed by atoms with Crippen LogP contribution in [0.25, 0.3) is 0 Å². The van der Waals surface area contributed by atoms with E-state index in [-0.39, 0.29) is 6.04 Å². The Hall–Kier alpha value is -1.03. The molecule has 0 bridgehead atoms. The Morgan fingerprint density at radius 2 is 2.00 bits per heavy atom. The van der Waals surface area contributed by atoms with E-state index in [4.69, 9.17) is 28.9 Å². The van der Waals surface area contributed by atoms with E-state index in [1.807, 2.05) is 29.1 Å². The molecule has 5 heteroatoms. The zero-order chi connectivity index (χ0) is 15.4. The number of nitrogens with two attached hydrogens (primary N) is 1. The van der Waals surface area contributed by atoms with Crippen molar-refractivity contribution in [2.45, 2.75) is 45.2 Å². The lowest BCUT2D eigenvalue weighted by atomic mass is 10.0. The third kappa shape index (κ3) is 4.47. The highest BCUT2D eigenvalue weighted by molar-refractivity contribution is 6.35. The van der Waals surface area contributed by atoms with Crippen molar-refractivity contribution in [2.75, 3.05) is 0 Å². The molecule has 0 aliphatic carbocycles. The molecule has 0 radical (unpaired) electrons. The van der Waals surface area contributed by atoms with Crippen LogP contribution < -0.4 is 5.73 Å². The molecule has 0 fully saturated rings. The van der Waals surface area contributed by atoms with Gasteiger partial charge in [0, 0.05) is 34.7 Å². The van der Waals surface area contributed by atoms with Gasteiger partial charge in [-0.3, -0.25) is 4.68 Å². The van der Waals surface area contributed by atoms with Crippen molar-refractivity contribution in [3.05, 3.63) is 51.8 Å². The predicted molar refractivity (Wildman–Crippen MR) is 89.1 cm³/mol. The van der Waals surface area contributed by atoms with Gasteiger partial charge < -0.3 is 5.73 Å². The molecule has 1 aromatic carbocycles. The van der Waals surface area contributed by atoms with Gasteiger partial charge in [0.2, 0.25) is 0 Å². The molecule has 0 saturated heterocycles. The standard InChI is InChI=1S/C16H21Cl2N3/c1-3-11(2)21-7-6-15(20-21)10-14(19)8-12-4-5-13(17)9-16(12)18/h4-7,9,11,14H,3,8,10,19H2,1-2H3. The number of rotatable bonds is 6. The van der Waals surface area contributed by atoms with E-state index in [2.05, 4.69) is 18.9 Å². The first kappa shape index (κ1) is 16.3. The average molecular weight is 326 g/mol. The van der Waals surface area contributed by atoms with Crippen molar-refractivity contribution in [3.63, 3.8) is 0 Å². The van der Waals surface area contributed by atoms with Gasteiger partial charge in [-0.1, -0.05) is 36.2 Å². The molecule has 0 saturated carbocycles. The molecule has 0 aliphatic heterocycles. The van der Waals surface area contributed by atoms with Crippen LogP contribution >= 0.6 is 23.2 Å². The minimum Gasteiger partial charge on any atom is -0.327 e. The van der Waals surface area contributed by atoms with E-state index in [0.29, 0.717) is 22.5 Å². The molecule has 114 valence electrons. The SMILES string of the molecule is CCC(C)n1ccc(CC(N)Cc2ccc(Cl)cc2Cl)n1. The fourth-order valence-electron chi connectivity index (χ4n) is 2.23. The first-order chi connectivity index (χ1) is 9.99. The highest BCUT2D eigenvalue weighted by Gasteiger charge is 2.11. The van der Waals surface area contributed by atoms with Gasteiger partial charge in [-0.05, 0) is 43.5 Å². The Kier molecular flexibility index (Phi) is 5.68. The molecule has 2 aromatic rings. The molecule has 3 nitrogen and oxygen atoms in total. The predicted octanol–water partition coefficient (Wildman–Crippen LogP) is 4.27. The molecule has 2 unspecified atom stereocenters. The van der Waals surface area contributed by atoms with Gasteiger partial charge in [-0.25, -0.2) is 0 Å². The van der Waals surface area contributed by atoms with Crippen LogP contribution in [0.2, 0.25) is 10.0 Å². The fourth-order valence-corrected chi connectivity index (χ4v) is 2.71. The molecule has 2 N–H and O–H groups in total. The summed E-state index contributed by atoms with van der Waals surface area (Å²) in [7, 11) is 0. The minimum atomic E-state index is -0.0102. The van der Waals surface area contributed by atoms with Crippen LogP contribution in [0.15, 0.2) is 30.5 Å². The maximum atomic E-state index is 6.22. The number of nitrogens with zero attached hydrogens (tertiary/aromatic N) is 2. The van der Waals surface area contributed by atoms with Crippen molar-refractivity contribution >= 4 is 23.2 Å². The lowest BCUT2D eigenvalue weighted by molar-refractivity contribution is 0.471. The molecule has 0 spiro atoms. The Bertz CT molecular complexity index is 595. The second kappa shape index (κ2) is 7.30. The topological polar surface area (TPSA) is 43.8 Å². The number of aromatic nitrogens is 2. The first-order valence-corrected chi connectivity index (χ1v) is 7.98. The summed E-state index contributed by atoms with van der Waals surface area (Å²) in [5.41, 5.74) is 8.27. The summed E-state index contributed by atoms with van der Waals surface area (Å²) < 4.78 is 2.00. The second-order valence-corrected chi connectivity index (χ2v) is 6.29. The number of hydrogen-bond donors (Lipinski definition) is 1. The van der Waals surface area contributed by atoms with Crippen molar-refractivity contribution < 1.29 is 0 Å². The van der Waals surface area contributed by atoms with Gasteiger partial charge in [0.25, 0.3) is 0 Å². The van der Waals surface area contributed by atoms with Gasteiger partial charge >= 0.3 is 0 Å². The number of hydrogen-bond acceptors (Lipinski definition) is 2. The van der Waals surface area contributed by atoms with Crippen LogP contribution in [0.4, 0.5) is 0 Å². The highest BCUT2D eigenvalue weighted by Crippen LogP contribution is 2.22. The molecule has 21 heavy (non-hydrogen) atoms. The zero-order valence-electron chi connectivity index (χ0n) is 12.4. The van der Waals surface area contributed by atoms with E-state index in [9.17, 15) is 0 Å². The Morgan fingerprint density at radius 3 is 2.67 bits per heavy atom. The van der Waals surface area contributed by atoms with Gasteiger partial charge in [-0.2, -0.15) is 5.10 Å². The molecule has 1 heterocycles. The first-order valence-electron chi connectivity index (χ1n) is 7.23. The summed E-state index contributed by atoms with van der Waals surface area (Å²) >= 11 is 12.1. The second-order valence-electron chi connectivity index (χ2n) is 5.45. The van der Waals surface area contributed by atoms with Crippen LogP contribution in [-0.2, 0) is 12.8 Å². The Labute approximate surface area is 136 Å². The van der Waals surface area contributed by atoms with Crippen molar-refractivity contribution in [1.82, 2.24) is 9.78 Å². The van der Waals surface area contributed by atoms with E-state index >= 15 is 0 Å². The maximum Gasteiger partial charge on any atom is 0.0640 e. The highest BCUT2D eigenvalue weighted by atomic mass is 35.5. The minimum absolute atomic E-state index is 0.0102. The largest absolute Gasteiger partial charge is 0.327 e. The average Bonchev–Trinajstić information content (AvgIpc) is 2.89. The van der Waals surface area contributed by atoms with Gasteiger partial charge in [0.15, 0.2) is 0 Å². The maximum absolute atomic E-state index is 6.22. The summed E-state index contributed by atoms with van der Waals surface area (Å²) in [6.07, 6.45) is 4.54. The molecular formula is C16H21Cl2N3.